The first-order valence-electron chi connectivity index (χ1n) is 10.9. The number of aliphatic imine (C=N–C) groups is 1. The first kappa shape index (κ1) is 23.4. The van der Waals surface area contributed by atoms with Crippen LogP contribution in [-0.2, 0) is 11.3 Å². The Kier molecular flexibility index (Phi) is 8.33. The highest BCUT2D eigenvalue weighted by Gasteiger charge is 2.21. The molecule has 8 heteroatoms. The van der Waals surface area contributed by atoms with Gasteiger partial charge in [0, 0.05) is 37.8 Å². The molecule has 2 aromatic rings. The SMILES string of the molecule is CCNC(=NCc1ccc(N2CCCC2=O)cc1)NCC(O)c1cc(OC)cc(OC)c1. The fraction of sp³-hybridized carbons (Fsp3) is 0.417. The quantitative estimate of drug-likeness (QED) is 0.410. The fourth-order valence-corrected chi connectivity index (χ4v) is 3.55. The summed E-state index contributed by atoms with van der Waals surface area (Å²) in [4.78, 5) is 18.3. The van der Waals surface area contributed by atoms with Crippen LogP contribution in [0.25, 0.3) is 0 Å². The maximum Gasteiger partial charge on any atom is 0.227 e. The van der Waals surface area contributed by atoms with Crippen molar-refractivity contribution in [3.8, 4) is 11.5 Å². The summed E-state index contributed by atoms with van der Waals surface area (Å²) in [6.45, 7) is 4.23. The Morgan fingerprint density at radius 1 is 1.12 bits per heavy atom. The molecular weight excluding hydrogens is 408 g/mol. The predicted molar refractivity (Wildman–Crippen MR) is 125 cm³/mol. The Bertz CT molecular complexity index is 908. The van der Waals surface area contributed by atoms with Gasteiger partial charge < -0.3 is 30.1 Å². The van der Waals surface area contributed by atoms with Crippen LogP contribution in [0.15, 0.2) is 47.5 Å². The number of aliphatic hydroxyl groups is 1. The Balaban J connectivity index is 1.60. The van der Waals surface area contributed by atoms with Crippen LogP contribution in [0.2, 0.25) is 0 Å². The van der Waals surface area contributed by atoms with Crippen molar-refractivity contribution in [3.05, 3.63) is 53.6 Å². The number of nitrogens with zero attached hydrogens (tertiary/aromatic N) is 2. The van der Waals surface area contributed by atoms with Gasteiger partial charge in [0.2, 0.25) is 5.91 Å². The number of anilines is 1. The van der Waals surface area contributed by atoms with E-state index in [1.807, 2.05) is 36.1 Å². The van der Waals surface area contributed by atoms with E-state index in [9.17, 15) is 9.90 Å². The topological polar surface area (TPSA) is 95.4 Å². The van der Waals surface area contributed by atoms with E-state index in [4.69, 9.17) is 9.47 Å². The Hall–Kier alpha value is -3.26. The van der Waals surface area contributed by atoms with Crippen molar-refractivity contribution >= 4 is 17.6 Å². The van der Waals surface area contributed by atoms with Crippen molar-refractivity contribution in [2.75, 3.05) is 38.8 Å². The Labute approximate surface area is 189 Å². The van der Waals surface area contributed by atoms with Gasteiger partial charge in [-0.25, -0.2) is 4.99 Å². The molecule has 2 aromatic carbocycles. The standard InChI is InChI=1S/C24H32N4O4/c1-4-25-24(27-16-22(29)18-12-20(31-2)14-21(13-18)32-3)26-15-17-7-9-19(10-8-17)28-11-5-6-23(28)30/h7-10,12-14,22,29H,4-6,11,15-16H2,1-3H3,(H2,25,26,27). The lowest BCUT2D eigenvalue weighted by Crippen LogP contribution is -2.39. The second kappa shape index (κ2) is 11.4. The lowest BCUT2D eigenvalue weighted by Gasteiger charge is -2.17. The summed E-state index contributed by atoms with van der Waals surface area (Å²) >= 11 is 0. The van der Waals surface area contributed by atoms with E-state index in [-0.39, 0.29) is 12.5 Å². The van der Waals surface area contributed by atoms with Gasteiger partial charge in [0.15, 0.2) is 5.96 Å². The molecular formula is C24H32N4O4. The lowest BCUT2D eigenvalue weighted by atomic mass is 10.1. The van der Waals surface area contributed by atoms with Gasteiger partial charge in [0.1, 0.15) is 11.5 Å². The van der Waals surface area contributed by atoms with Crippen LogP contribution in [-0.4, -0.2) is 50.8 Å². The zero-order chi connectivity index (χ0) is 22.9. The fourth-order valence-electron chi connectivity index (χ4n) is 3.55. The molecule has 32 heavy (non-hydrogen) atoms. The van der Waals surface area contributed by atoms with Crippen molar-refractivity contribution in [1.82, 2.24) is 10.6 Å². The Morgan fingerprint density at radius 3 is 2.38 bits per heavy atom. The molecule has 172 valence electrons. The summed E-state index contributed by atoms with van der Waals surface area (Å²) in [6.07, 6.45) is 0.773. The van der Waals surface area contributed by atoms with E-state index in [0.717, 1.165) is 24.2 Å². The van der Waals surface area contributed by atoms with Gasteiger partial charge >= 0.3 is 0 Å². The number of carbonyl (C=O) groups is 1. The first-order valence-corrected chi connectivity index (χ1v) is 10.9. The molecule has 1 amide bonds. The number of nitrogens with one attached hydrogen (secondary N) is 2. The molecule has 1 heterocycles. The molecule has 0 aromatic heterocycles. The third kappa shape index (κ3) is 6.13. The van der Waals surface area contributed by atoms with Crippen molar-refractivity contribution in [2.45, 2.75) is 32.4 Å². The molecule has 1 aliphatic rings. The van der Waals surface area contributed by atoms with Crippen LogP contribution in [0, 0.1) is 0 Å². The van der Waals surface area contributed by atoms with Crippen molar-refractivity contribution in [1.29, 1.82) is 0 Å². The van der Waals surface area contributed by atoms with E-state index in [1.165, 1.54) is 0 Å². The van der Waals surface area contributed by atoms with Crippen LogP contribution in [0.1, 0.15) is 37.0 Å². The van der Waals surface area contributed by atoms with Crippen molar-refractivity contribution in [3.63, 3.8) is 0 Å². The van der Waals surface area contributed by atoms with Crippen LogP contribution in [0.5, 0.6) is 11.5 Å². The van der Waals surface area contributed by atoms with E-state index in [0.29, 0.717) is 42.5 Å². The highest BCUT2D eigenvalue weighted by atomic mass is 16.5. The number of amides is 1. The minimum atomic E-state index is -0.764. The summed E-state index contributed by atoms with van der Waals surface area (Å²) in [6, 6.07) is 13.2. The summed E-state index contributed by atoms with van der Waals surface area (Å²) < 4.78 is 10.6. The summed E-state index contributed by atoms with van der Waals surface area (Å²) in [5.74, 6) is 2.04. The number of hydrogen-bond donors (Lipinski definition) is 3. The van der Waals surface area contributed by atoms with E-state index < -0.39 is 6.10 Å². The van der Waals surface area contributed by atoms with E-state index in [1.54, 1.807) is 32.4 Å². The molecule has 1 fully saturated rings. The predicted octanol–water partition coefficient (Wildman–Crippen LogP) is 2.62. The number of ether oxygens (including phenoxy) is 2. The number of rotatable bonds is 9. The van der Waals surface area contributed by atoms with Gasteiger partial charge in [-0.15, -0.1) is 0 Å². The van der Waals surface area contributed by atoms with E-state index in [2.05, 4.69) is 15.6 Å². The van der Waals surface area contributed by atoms with Gasteiger partial charge in [-0.3, -0.25) is 4.79 Å². The molecule has 0 saturated carbocycles. The molecule has 3 rings (SSSR count). The number of aliphatic hydroxyl groups excluding tert-OH is 1. The van der Waals surface area contributed by atoms with Crippen LogP contribution >= 0.6 is 0 Å². The monoisotopic (exact) mass is 440 g/mol. The number of hydrogen-bond acceptors (Lipinski definition) is 5. The van der Waals surface area contributed by atoms with Gasteiger partial charge in [-0.1, -0.05) is 12.1 Å². The van der Waals surface area contributed by atoms with Crippen LogP contribution in [0.4, 0.5) is 5.69 Å². The Morgan fingerprint density at radius 2 is 1.81 bits per heavy atom. The summed E-state index contributed by atoms with van der Waals surface area (Å²) in [7, 11) is 3.16. The molecule has 0 aliphatic carbocycles. The maximum absolute atomic E-state index is 11.9. The van der Waals surface area contributed by atoms with Crippen LogP contribution in [0.3, 0.4) is 0 Å². The smallest absolute Gasteiger partial charge is 0.227 e. The number of carbonyl (C=O) groups excluding carboxylic acids is 1. The van der Waals surface area contributed by atoms with Gasteiger partial charge in [-0.05, 0) is 48.7 Å². The zero-order valence-electron chi connectivity index (χ0n) is 18.9. The molecule has 0 radical (unpaired) electrons. The highest BCUT2D eigenvalue weighted by Crippen LogP contribution is 2.26. The van der Waals surface area contributed by atoms with Gasteiger partial charge in [0.05, 0.1) is 26.9 Å². The number of methoxy groups -OCH3 is 2. The average Bonchev–Trinajstić information content (AvgIpc) is 3.26. The molecule has 1 saturated heterocycles. The van der Waals surface area contributed by atoms with Crippen LogP contribution < -0.4 is 25.0 Å². The van der Waals surface area contributed by atoms with E-state index >= 15 is 0 Å². The zero-order valence-corrected chi connectivity index (χ0v) is 18.9. The number of benzene rings is 2. The minimum absolute atomic E-state index is 0.182. The molecule has 1 atom stereocenters. The molecule has 0 spiro atoms. The largest absolute Gasteiger partial charge is 0.497 e. The second-order valence-electron chi connectivity index (χ2n) is 7.55. The first-order chi connectivity index (χ1) is 15.5. The molecule has 1 unspecified atom stereocenters. The second-order valence-corrected chi connectivity index (χ2v) is 7.55. The molecule has 1 aliphatic heterocycles. The minimum Gasteiger partial charge on any atom is -0.497 e. The van der Waals surface area contributed by atoms with Gasteiger partial charge in [-0.2, -0.15) is 0 Å². The molecule has 8 nitrogen and oxygen atoms in total. The normalized spacial score (nSPS) is 14.9. The molecule has 0 bridgehead atoms. The van der Waals surface area contributed by atoms with Gasteiger partial charge in [0.25, 0.3) is 0 Å². The highest BCUT2D eigenvalue weighted by molar-refractivity contribution is 5.95. The third-order valence-corrected chi connectivity index (χ3v) is 5.31. The third-order valence-electron chi connectivity index (χ3n) is 5.31. The number of guanidine groups is 1. The molecule has 3 N–H and O–H groups in total. The van der Waals surface area contributed by atoms with Crippen molar-refractivity contribution < 1.29 is 19.4 Å². The average molecular weight is 441 g/mol. The summed E-state index contributed by atoms with van der Waals surface area (Å²) in [5, 5.41) is 17.0. The van der Waals surface area contributed by atoms with Crippen molar-refractivity contribution in [2.24, 2.45) is 4.99 Å². The maximum atomic E-state index is 11.9. The summed E-state index contributed by atoms with van der Waals surface area (Å²) in [5.41, 5.74) is 2.66. The lowest BCUT2D eigenvalue weighted by molar-refractivity contribution is -0.117.